The van der Waals surface area contributed by atoms with Crippen molar-refractivity contribution in [3.63, 3.8) is 0 Å². The molecule has 2 saturated heterocycles. The fourth-order valence-corrected chi connectivity index (χ4v) is 3.16. The highest BCUT2D eigenvalue weighted by Crippen LogP contribution is 2.37. The Morgan fingerprint density at radius 1 is 1.04 bits per heavy atom. The van der Waals surface area contributed by atoms with Crippen LogP contribution in [0, 0.1) is 5.41 Å². The van der Waals surface area contributed by atoms with Crippen molar-refractivity contribution in [3.8, 4) is 0 Å². The van der Waals surface area contributed by atoms with E-state index in [4.69, 9.17) is 14.2 Å². The third-order valence-corrected chi connectivity index (χ3v) is 4.83. The quantitative estimate of drug-likeness (QED) is 0.405. The van der Waals surface area contributed by atoms with Crippen LogP contribution in [0.1, 0.15) is 33.6 Å². The van der Waals surface area contributed by atoms with Gasteiger partial charge in [-0.1, -0.05) is 12.2 Å². The predicted octanol–water partition coefficient (Wildman–Crippen LogP) is -0.297. The van der Waals surface area contributed by atoms with E-state index in [2.05, 4.69) is 4.74 Å². The lowest BCUT2D eigenvalue weighted by atomic mass is 9.91. The predicted molar refractivity (Wildman–Crippen MR) is 96.1 cm³/mol. The van der Waals surface area contributed by atoms with Crippen molar-refractivity contribution in [1.29, 1.82) is 0 Å². The first-order chi connectivity index (χ1) is 13.1. The molecule has 0 aromatic rings. The van der Waals surface area contributed by atoms with Crippen LogP contribution in [0.3, 0.4) is 0 Å². The Hall–Kier alpha value is -1.52. The Bertz CT molecular complexity index is 582. The maximum atomic E-state index is 12.3. The van der Waals surface area contributed by atoms with Crippen molar-refractivity contribution in [2.45, 2.75) is 76.3 Å². The van der Waals surface area contributed by atoms with Crippen LogP contribution in [0.5, 0.6) is 0 Å². The zero-order valence-corrected chi connectivity index (χ0v) is 16.6. The minimum atomic E-state index is -1.27. The molecular weight excluding hydrogens is 372 g/mol. The number of aliphatic hydroxyl groups excluding tert-OH is 3. The lowest BCUT2D eigenvalue weighted by Gasteiger charge is -2.40. The number of fused-ring (bicyclic) bond motifs is 1. The summed E-state index contributed by atoms with van der Waals surface area (Å²) in [5, 5.41) is 30.4. The Balaban J connectivity index is 2.10. The molecule has 2 heterocycles. The second kappa shape index (κ2) is 9.32. The molecule has 9 heteroatoms. The lowest BCUT2D eigenvalue weighted by molar-refractivity contribution is -0.219. The average molecular weight is 402 g/mol. The van der Waals surface area contributed by atoms with E-state index >= 15 is 0 Å². The molecule has 3 N–H and O–H groups in total. The molecule has 0 unspecified atom stereocenters. The van der Waals surface area contributed by atoms with Crippen molar-refractivity contribution < 1.29 is 43.9 Å². The fourth-order valence-electron chi connectivity index (χ4n) is 3.16. The summed E-state index contributed by atoms with van der Waals surface area (Å²) in [7, 11) is 1.29. The summed E-state index contributed by atoms with van der Waals surface area (Å²) in [6, 6.07) is 0. The zero-order valence-electron chi connectivity index (χ0n) is 16.6. The van der Waals surface area contributed by atoms with E-state index < -0.39 is 66.7 Å². The summed E-state index contributed by atoms with van der Waals surface area (Å²) in [5.74, 6) is -0.885. The van der Waals surface area contributed by atoms with E-state index in [0.29, 0.717) is 0 Å². The van der Waals surface area contributed by atoms with E-state index in [1.165, 1.54) is 7.11 Å². The number of carbonyl (C=O) groups excluding carboxylic acids is 2. The van der Waals surface area contributed by atoms with Crippen molar-refractivity contribution in [3.05, 3.63) is 12.2 Å². The molecule has 0 aromatic heterocycles. The van der Waals surface area contributed by atoms with Gasteiger partial charge in [-0.2, -0.15) is 0 Å². The lowest BCUT2D eigenvalue weighted by Crippen LogP contribution is -2.58. The molecule has 160 valence electrons. The molecule has 0 amide bonds. The van der Waals surface area contributed by atoms with Gasteiger partial charge in [0.15, 0.2) is 6.10 Å². The first-order valence-corrected chi connectivity index (χ1v) is 9.31. The molecule has 28 heavy (non-hydrogen) atoms. The molecule has 2 rings (SSSR count). The van der Waals surface area contributed by atoms with Crippen LogP contribution in [0.25, 0.3) is 0 Å². The van der Waals surface area contributed by atoms with E-state index in [-0.39, 0.29) is 12.8 Å². The summed E-state index contributed by atoms with van der Waals surface area (Å²) in [4.78, 5) is 23.4. The molecule has 9 nitrogen and oxygen atoms in total. The minimum Gasteiger partial charge on any atom is -0.469 e. The summed E-state index contributed by atoms with van der Waals surface area (Å²) < 4.78 is 21.6. The number of aliphatic hydroxyl groups is 3. The van der Waals surface area contributed by atoms with Crippen LogP contribution in [0.15, 0.2) is 12.2 Å². The van der Waals surface area contributed by atoms with Gasteiger partial charge in [0.25, 0.3) is 0 Å². The van der Waals surface area contributed by atoms with Crippen LogP contribution < -0.4 is 0 Å². The number of hydrogen-bond acceptors (Lipinski definition) is 9. The van der Waals surface area contributed by atoms with Gasteiger partial charge in [0.1, 0.15) is 30.5 Å². The van der Waals surface area contributed by atoms with E-state index in [0.717, 1.165) is 0 Å². The third kappa shape index (κ3) is 5.09. The first kappa shape index (κ1) is 22.8. The molecule has 0 spiro atoms. The number of rotatable bonds is 6. The normalized spacial score (nSPS) is 35.6. The largest absolute Gasteiger partial charge is 0.469 e. The number of esters is 2. The highest BCUT2D eigenvalue weighted by atomic mass is 16.6. The molecule has 7 atom stereocenters. The van der Waals surface area contributed by atoms with Gasteiger partial charge in [0.05, 0.1) is 31.7 Å². The van der Waals surface area contributed by atoms with E-state index in [1.54, 1.807) is 32.9 Å². The Morgan fingerprint density at radius 2 is 1.68 bits per heavy atom. The van der Waals surface area contributed by atoms with Gasteiger partial charge in [0, 0.05) is 0 Å². The maximum absolute atomic E-state index is 12.3. The van der Waals surface area contributed by atoms with Crippen molar-refractivity contribution >= 4 is 11.9 Å². The van der Waals surface area contributed by atoms with Crippen LogP contribution in [0.2, 0.25) is 0 Å². The Kier molecular flexibility index (Phi) is 7.58. The van der Waals surface area contributed by atoms with E-state index in [1.807, 2.05) is 0 Å². The minimum absolute atomic E-state index is 0.0788. The van der Waals surface area contributed by atoms with Crippen molar-refractivity contribution in [1.82, 2.24) is 0 Å². The number of carbonyl (C=O) groups is 2. The average Bonchev–Trinajstić information content (AvgIpc) is 2.99. The van der Waals surface area contributed by atoms with Gasteiger partial charge in [-0.25, -0.2) is 0 Å². The third-order valence-electron chi connectivity index (χ3n) is 4.83. The zero-order chi connectivity index (χ0) is 21.1. The van der Waals surface area contributed by atoms with Gasteiger partial charge < -0.3 is 34.3 Å². The molecule has 0 aromatic carbocycles. The summed E-state index contributed by atoms with van der Waals surface area (Å²) >= 11 is 0. The van der Waals surface area contributed by atoms with Crippen LogP contribution in [-0.4, -0.2) is 83.7 Å². The number of ether oxygens (including phenoxy) is 4. The molecule has 0 aliphatic carbocycles. The Morgan fingerprint density at radius 3 is 2.25 bits per heavy atom. The molecule has 2 aliphatic heterocycles. The van der Waals surface area contributed by atoms with Crippen LogP contribution in [-0.2, 0) is 28.5 Å². The monoisotopic (exact) mass is 402 g/mol. The highest BCUT2D eigenvalue weighted by Gasteiger charge is 2.56. The van der Waals surface area contributed by atoms with E-state index in [9.17, 15) is 24.9 Å². The second-order valence-electron chi connectivity index (χ2n) is 8.05. The van der Waals surface area contributed by atoms with Gasteiger partial charge in [0.2, 0.25) is 0 Å². The molecule has 0 saturated carbocycles. The van der Waals surface area contributed by atoms with Crippen molar-refractivity contribution in [2.75, 3.05) is 13.7 Å². The summed E-state index contributed by atoms with van der Waals surface area (Å²) in [6.45, 7) is 4.68. The topological polar surface area (TPSA) is 132 Å². The summed E-state index contributed by atoms with van der Waals surface area (Å²) in [6.07, 6.45) is -3.31. The van der Waals surface area contributed by atoms with Gasteiger partial charge >= 0.3 is 11.9 Å². The molecule has 0 bridgehead atoms. The van der Waals surface area contributed by atoms with Crippen molar-refractivity contribution in [2.24, 2.45) is 5.41 Å². The van der Waals surface area contributed by atoms with Gasteiger partial charge in [-0.3, -0.25) is 9.59 Å². The molecular formula is C19H30O9. The first-order valence-electron chi connectivity index (χ1n) is 9.31. The fraction of sp³-hybridized carbons (Fsp3) is 0.789. The number of hydrogen-bond donors (Lipinski definition) is 3. The number of methoxy groups -OCH3 is 1. The smallest absolute Gasteiger partial charge is 0.311 e. The van der Waals surface area contributed by atoms with Gasteiger partial charge in [-0.15, -0.1) is 0 Å². The summed E-state index contributed by atoms with van der Waals surface area (Å²) in [5.41, 5.74) is -0.763. The van der Waals surface area contributed by atoms with Gasteiger partial charge in [-0.05, 0) is 27.2 Å². The second-order valence-corrected chi connectivity index (χ2v) is 8.05. The van der Waals surface area contributed by atoms with Crippen LogP contribution >= 0.6 is 0 Å². The molecule has 2 fully saturated rings. The maximum Gasteiger partial charge on any atom is 0.311 e. The molecule has 0 radical (unpaired) electrons. The highest BCUT2D eigenvalue weighted by molar-refractivity contribution is 5.75. The SMILES string of the molecule is COC(=O)C/C=C/C[C@@H]1O[C@H]2[C@@H](OC(=O)C(C)(C)C)[C@@H](CO)O[C@H]2[C@@H](O)[C@H]1O. The standard InChI is InChI=1S/C19H30O9/c1-19(2,3)18(24)28-15-11(9-20)27-16-14(23)13(22)10(26-17(15)16)7-5-6-8-12(21)25-4/h5-6,10-11,13-17,20,22-23H,7-9H2,1-4H3/b6-5+/t10-,11+,13-,14-,15-,16-,17-/m0/s1. The Labute approximate surface area is 164 Å². The molecule has 2 aliphatic rings. The van der Waals surface area contributed by atoms with Crippen LogP contribution in [0.4, 0.5) is 0 Å².